The fourth-order valence-corrected chi connectivity index (χ4v) is 2.33. The van der Waals surface area contributed by atoms with Gasteiger partial charge in [0.1, 0.15) is 0 Å². The van der Waals surface area contributed by atoms with Gasteiger partial charge in [-0.2, -0.15) is 12.6 Å². The summed E-state index contributed by atoms with van der Waals surface area (Å²) >= 11 is 4.33. The number of hydrogen-bond acceptors (Lipinski definition) is 3. The van der Waals surface area contributed by atoms with Crippen LogP contribution in [0.1, 0.15) is 17.5 Å². The number of carbonyl (C=O) groups is 1. The lowest BCUT2D eigenvalue weighted by molar-refractivity contribution is -0.128. The number of carbonyl (C=O) groups excluding carboxylic acids is 1. The molecule has 1 aliphatic rings. The van der Waals surface area contributed by atoms with Crippen molar-refractivity contribution >= 4 is 18.5 Å². The van der Waals surface area contributed by atoms with Crippen LogP contribution >= 0.6 is 12.6 Å². The molecule has 0 bridgehead atoms. The third kappa shape index (κ3) is 2.57. The number of rotatable bonds is 3. The minimum absolute atomic E-state index is 0.185. The predicted octanol–water partition coefficient (Wildman–Crippen LogP) is 1.18. The first kappa shape index (κ1) is 11.5. The second kappa shape index (κ2) is 4.89. The van der Waals surface area contributed by atoms with Gasteiger partial charge in [0.25, 0.3) is 0 Å². The van der Waals surface area contributed by atoms with Crippen LogP contribution in [-0.4, -0.2) is 22.6 Å². The van der Waals surface area contributed by atoms with E-state index in [0.29, 0.717) is 19.5 Å². The summed E-state index contributed by atoms with van der Waals surface area (Å²) in [6.45, 7) is 1.95. The SMILES string of the molecule is NCc1cccc(CN2CC(S)CC2=O)c1. The molecule has 1 amide bonds. The van der Waals surface area contributed by atoms with E-state index in [2.05, 4.69) is 18.7 Å². The number of thiol groups is 1. The van der Waals surface area contributed by atoms with Gasteiger partial charge in [0.2, 0.25) is 5.91 Å². The van der Waals surface area contributed by atoms with Gasteiger partial charge >= 0.3 is 0 Å². The van der Waals surface area contributed by atoms with Crippen LogP contribution in [0, 0.1) is 0 Å². The largest absolute Gasteiger partial charge is 0.337 e. The molecule has 4 heteroatoms. The zero-order valence-electron chi connectivity index (χ0n) is 9.10. The van der Waals surface area contributed by atoms with E-state index in [1.807, 2.05) is 23.1 Å². The highest BCUT2D eigenvalue weighted by Crippen LogP contribution is 2.18. The average molecular weight is 236 g/mol. The molecule has 1 saturated heterocycles. The summed E-state index contributed by atoms with van der Waals surface area (Å²) < 4.78 is 0. The molecule has 2 rings (SSSR count). The molecule has 0 saturated carbocycles. The lowest BCUT2D eigenvalue weighted by Crippen LogP contribution is -2.24. The molecule has 1 fully saturated rings. The third-order valence-electron chi connectivity index (χ3n) is 2.79. The summed E-state index contributed by atoms with van der Waals surface area (Å²) in [7, 11) is 0. The summed E-state index contributed by atoms with van der Waals surface area (Å²) in [5, 5.41) is 0.185. The van der Waals surface area contributed by atoms with Crippen molar-refractivity contribution in [1.82, 2.24) is 4.90 Å². The van der Waals surface area contributed by atoms with Crippen molar-refractivity contribution in [3.8, 4) is 0 Å². The van der Waals surface area contributed by atoms with Gasteiger partial charge in [-0.3, -0.25) is 4.79 Å². The van der Waals surface area contributed by atoms with Gasteiger partial charge in [0.15, 0.2) is 0 Å². The molecule has 0 radical (unpaired) electrons. The number of nitrogens with two attached hydrogens (primary N) is 1. The molecule has 16 heavy (non-hydrogen) atoms. The molecular formula is C12H16N2OS. The van der Waals surface area contributed by atoms with Crippen molar-refractivity contribution in [2.24, 2.45) is 5.73 Å². The molecular weight excluding hydrogens is 220 g/mol. The fourth-order valence-electron chi connectivity index (χ4n) is 1.98. The molecule has 1 atom stereocenters. The Balaban J connectivity index is 2.06. The van der Waals surface area contributed by atoms with E-state index in [4.69, 9.17) is 5.73 Å². The molecule has 1 aliphatic heterocycles. The number of amides is 1. The summed E-state index contributed by atoms with van der Waals surface area (Å²) in [4.78, 5) is 13.5. The van der Waals surface area contributed by atoms with Crippen LogP contribution in [0.3, 0.4) is 0 Å². The van der Waals surface area contributed by atoms with E-state index >= 15 is 0 Å². The van der Waals surface area contributed by atoms with Gasteiger partial charge in [-0.1, -0.05) is 24.3 Å². The quantitative estimate of drug-likeness (QED) is 0.774. The fraction of sp³-hybridized carbons (Fsp3) is 0.417. The molecule has 1 heterocycles. The summed E-state index contributed by atoms with van der Waals surface area (Å²) in [6, 6.07) is 8.06. The van der Waals surface area contributed by atoms with E-state index in [1.54, 1.807) is 0 Å². The Labute approximate surface area is 101 Å². The molecule has 0 aliphatic carbocycles. The number of nitrogens with zero attached hydrogens (tertiary/aromatic N) is 1. The Morgan fingerprint density at radius 1 is 1.44 bits per heavy atom. The summed E-state index contributed by atoms with van der Waals surface area (Å²) in [5.74, 6) is 0.193. The molecule has 2 N–H and O–H groups in total. The smallest absolute Gasteiger partial charge is 0.224 e. The van der Waals surface area contributed by atoms with Crippen LogP contribution in [0.15, 0.2) is 24.3 Å². The molecule has 0 aromatic heterocycles. The summed E-state index contributed by atoms with van der Waals surface area (Å²) in [6.07, 6.45) is 0.555. The van der Waals surface area contributed by atoms with E-state index in [1.165, 1.54) is 0 Å². The molecule has 86 valence electrons. The highest BCUT2D eigenvalue weighted by molar-refractivity contribution is 7.81. The maximum atomic E-state index is 11.6. The predicted molar refractivity (Wildman–Crippen MR) is 67.1 cm³/mol. The number of likely N-dealkylation sites (tertiary alicyclic amines) is 1. The highest BCUT2D eigenvalue weighted by Gasteiger charge is 2.26. The second-order valence-corrected chi connectivity index (χ2v) is 4.89. The Morgan fingerprint density at radius 3 is 2.81 bits per heavy atom. The monoisotopic (exact) mass is 236 g/mol. The zero-order chi connectivity index (χ0) is 11.5. The third-order valence-corrected chi connectivity index (χ3v) is 3.14. The van der Waals surface area contributed by atoms with Gasteiger partial charge < -0.3 is 10.6 Å². The van der Waals surface area contributed by atoms with Crippen molar-refractivity contribution < 1.29 is 4.79 Å². The lowest BCUT2D eigenvalue weighted by atomic mass is 10.1. The van der Waals surface area contributed by atoms with Gasteiger partial charge in [-0.15, -0.1) is 0 Å². The van der Waals surface area contributed by atoms with Crippen molar-refractivity contribution in [2.75, 3.05) is 6.54 Å². The van der Waals surface area contributed by atoms with E-state index < -0.39 is 0 Å². The molecule has 0 spiro atoms. The van der Waals surface area contributed by atoms with Crippen LogP contribution in [0.25, 0.3) is 0 Å². The Morgan fingerprint density at radius 2 is 2.19 bits per heavy atom. The Kier molecular flexibility index (Phi) is 3.51. The molecule has 1 aromatic rings. The topological polar surface area (TPSA) is 46.3 Å². The standard InChI is InChI=1S/C12H16N2OS/c13-6-9-2-1-3-10(4-9)7-14-8-11(16)5-12(14)15/h1-4,11,16H,5-8,13H2. The molecule has 1 aromatic carbocycles. The zero-order valence-corrected chi connectivity index (χ0v) is 9.99. The molecule has 3 nitrogen and oxygen atoms in total. The normalized spacial score (nSPS) is 20.5. The second-order valence-electron chi connectivity index (χ2n) is 4.16. The molecule has 1 unspecified atom stereocenters. The van der Waals surface area contributed by atoms with E-state index in [-0.39, 0.29) is 11.2 Å². The Bertz CT molecular complexity index is 394. The lowest BCUT2D eigenvalue weighted by Gasteiger charge is -2.16. The first-order chi connectivity index (χ1) is 7.69. The first-order valence-electron chi connectivity index (χ1n) is 5.43. The van der Waals surface area contributed by atoms with Crippen LogP contribution in [0.5, 0.6) is 0 Å². The van der Waals surface area contributed by atoms with Gasteiger partial charge in [-0.25, -0.2) is 0 Å². The average Bonchev–Trinajstić information content (AvgIpc) is 2.58. The van der Waals surface area contributed by atoms with Crippen LogP contribution in [-0.2, 0) is 17.9 Å². The minimum atomic E-state index is 0.185. The van der Waals surface area contributed by atoms with Crippen molar-refractivity contribution in [2.45, 2.75) is 24.8 Å². The highest BCUT2D eigenvalue weighted by atomic mass is 32.1. The van der Waals surface area contributed by atoms with Gasteiger partial charge in [0.05, 0.1) is 0 Å². The summed E-state index contributed by atoms with van der Waals surface area (Å²) in [5.41, 5.74) is 7.82. The van der Waals surface area contributed by atoms with Crippen LogP contribution in [0.4, 0.5) is 0 Å². The number of benzene rings is 1. The van der Waals surface area contributed by atoms with E-state index in [9.17, 15) is 4.79 Å². The van der Waals surface area contributed by atoms with Gasteiger partial charge in [0, 0.05) is 31.3 Å². The minimum Gasteiger partial charge on any atom is -0.337 e. The van der Waals surface area contributed by atoms with Crippen molar-refractivity contribution in [1.29, 1.82) is 0 Å². The Hall–Kier alpha value is -1.00. The van der Waals surface area contributed by atoms with Crippen LogP contribution < -0.4 is 5.73 Å². The van der Waals surface area contributed by atoms with E-state index in [0.717, 1.165) is 17.7 Å². The maximum Gasteiger partial charge on any atom is 0.224 e. The van der Waals surface area contributed by atoms with Crippen molar-refractivity contribution in [3.05, 3.63) is 35.4 Å². The first-order valence-corrected chi connectivity index (χ1v) is 5.94. The van der Waals surface area contributed by atoms with Gasteiger partial charge in [-0.05, 0) is 11.1 Å². The van der Waals surface area contributed by atoms with Crippen molar-refractivity contribution in [3.63, 3.8) is 0 Å². The number of hydrogen-bond donors (Lipinski definition) is 2. The maximum absolute atomic E-state index is 11.6. The van der Waals surface area contributed by atoms with Crippen LogP contribution in [0.2, 0.25) is 0 Å².